The van der Waals surface area contributed by atoms with E-state index in [0.717, 1.165) is 16.1 Å². The SMILES string of the molecule is COc1ccc(CCOC(c2ccccc2)(c2ccccc2)C(Oc2nc(C)c(C)s2)C(=O)O)cc1OC. The lowest BCUT2D eigenvalue weighted by atomic mass is 9.81. The van der Waals surface area contributed by atoms with E-state index in [0.29, 0.717) is 29.0 Å². The van der Waals surface area contributed by atoms with Crippen molar-refractivity contribution in [1.29, 1.82) is 0 Å². The van der Waals surface area contributed by atoms with Crippen LogP contribution < -0.4 is 14.2 Å². The number of aryl methyl sites for hydroxylation is 2. The molecule has 1 N–H and O–H groups in total. The normalized spacial score (nSPS) is 12.1. The Morgan fingerprint density at radius 3 is 2.03 bits per heavy atom. The second kappa shape index (κ2) is 12.1. The quantitative estimate of drug-likeness (QED) is 0.246. The van der Waals surface area contributed by atoms with Gasteiger partial charge in [-0.15, -0.1) is 0 Å². The third-order valence-electron chi connectivity index (χ3n) is 6.39. The number of hydrogen-bond acceptors (Lipinski definition) is 7. The average Bonchev–Trinajstić information content (AvgIpc) is 3.27. The highest BCUT2D eigenvalue weighted by Crippen LogP contribution is 2.40. The van der Waals surface area contributed by atoms with Gasteiger partial charge < -0.3 is 24.1 Å². The molecule has 1 heterocycles. The standard InChI is InChI=1S/C30H31NO6S/c1-20-21(2)38-29(31-20)37-27(28(32)33)30(23-11-7-5-8-12-23,24-13-9-6-10-14-24)36-18-17-22-15-16-25(34-3)26(19-22)35-4/h5-16,19,27H,17-18H2,1-4H3,(H,32,33). The number of carboxylic acid groups (broad SMARTS) is 1. The third-order valence-corrected chi connectivity index (χ3v) is 7.36. The Bertz CT molecular complexity index is 1300. The fourth-order valence-electron chi connectivity index (χ4n) is 4.35. The van der Waals surface area contributed by atoms with Crippen LogP contribution in [-0.2, 0) is 21.6 Å². The number of rotatable bonds is 12. The lowest BCUT2D eigenvalue weighted by molar-refractivity contribution is -0.163. The highest BCUT2D eigenvalue weighted by atomic mass is 32.1. The zero-order valence-electron chi connectivity index (χ0n) is 21.8. The van der Waals surface area contributed by atoms with E-state index in [9.17, 15) is 9.90 Å². The lowest BCUT2D eigenvalue weighted by Gasteiger charge is -2.39. The van der Waals surface area contributed by atoms with Crippen LogP contribution in [0.15, 0.2) is 78.9 Å². The zero-order chi connectivity index (χ0) is 27.1. The summed E-state index contributed by atoms with van der Waals surface area (Å²) < 4.78 is 23.6. The first-order valence-electron chi connectivity index (χ1n) is 12.2. The van der Waals surface area contributed by atoms with Crippen molar-refractivity contribution in [3.05, 3.63) is 106 Å². The summed E-state index contributed by atoms with van der Waals surface area (Å²) in [5.41, 5.74) is 1.62. The van der Waals surface area contributed by atoms with Crippen molar-refractivity contribution in [1.82, 2.24) is 4.98 Å². The number of carbonyl (C=O) groups is 1. The first kappa shape index (κ1) is 27.2. The molecule has 4 aromatic rings. The molecule has 1 aromatic heterocycles. The van der Waals surface area contributed by atoms with Crippen molar-refractivity contribution in [2.24, 2.45) is 0 Å². The molecule has 0 saturated heterocycles. The van der Waals surface area contributed by atoms with Gasteiger partial charge in [0.25, 0.3) is 5.19 Å². The van der Waals surface area contributed by atoms with Crippen LogP contribution in [0.4, 0.5) is 0 Å². The van der Waals surface area contributed by atoms with Gasteiger partial charge in [0.05, 0.1) is 26.5 Å². The van der Waals surface area contributed by atoms with E-state index in [-0.39, 0.29) is 11.8 Å². The van der Waals surface area contributed by atoms with Gasteiger partial charge in [-0.1, -0.05) is 78.1 Å². The van der Waals surface area contributed by atoms with E-state index < -0.39 is 17.7 Å². The molecule has 0 saturated carbocycles. The van der Waals surface area contributed by atoms with Gasteiger partial charge in [0.1, 0.15) is 0 Å². The number of thiazole rings is 1. The molecule has 0 amide bonds. The van der Waals surface area contributed by atoms with Crippen molar-refractivity contribution < 1.29 is 28.8 Å². The van der Waals surface area contributed by atoms with Crippen LogP contribution in [0.5, 0.6) is 16.7 Å². The summed E-state index contributed by atoms with van der Waals surface area (Å²) in [5, 5.41) is 10.8. The summed E-state index contributed by atoms with van der Waals surface area (Å²) in [4.78, 5) is 18.3. The van der Waals surface area contributed by atoms with E-state index in [1.54, 1.807) is 14.2 Å². The summed E-state index contributed by atoms with van der Waals surface area (Å²) in [6, 6.07) is 24.3. The minimum Gasteiger partial charge on any atom is -0.493 e. The van der Waals surface area contributed by atoms with E-state index in [4.69, 9.17) is 18.9 Å². The van der Waals surface area contributed by atoms with Crippen LogP contribution in [0.3, 0.4) is 0 Å². The topological polar surface area (TPSA) is 87.1 Å². The molecule has 4 rings (SSSR count). The van der Waals surface area contributed by atoms with Crippen molar-refractivity contribution in [2.45, 2.75) is 32.0 Å². The number of methoxy groups -OCH3 is 2. The Morgan fingerprint density at radius 2 is 1.53 bits per heavy atom. The second-order valence-corrected chi connectivity index (χ2v) is 9.88. The molecule has 198 valence electrons. The van der Waals surface area contributed by atoms with Crippen LogP contribution >= 0.6 is 11.3 Å². The highest BCUT2D eigenvalue weighted by molar-refractivity contribution is 7.13. The number of ether oxygens (including phenoxy) is 4. The molecule has 7 nitrogen and oxygen atoms in total. The molecule has 3 aromatic carbocycles. The number of nitrogens with zero attached hydrogens (tertiary/aromatic N) is 1. The summed E-state index contributed by atoms with van der Waals surface area (Å²) >= 11 is 1.32. The Kier molecular flexibility index (Phi) is 8.66. The second-order valence-electron chi connectivity index (χ2n) is 8.71. The number of carboxylic acids is 1. The van der Waals surface area contributed by atoms with Crippen LogP contribution in [0.25, 0.3) is 0 Å². The molecule has 8 heteroatoms. The first-order valence-corrected chi connectivity index (χ1v) is 13.0. The summed E-state index contributed by atoms with van der Waals surface area (Å²) in [7, 11) is 3.18. The predicted molar refractivity (Wildman–Crippen MR) is 147 cm³/mol. The van der Waals surface area contributed by atoms with E-state index in [2.05, 4.69) is 4.98 Å². The Labute approximate surface area is 226 Å². The van der Waals surface area contributed by atoms with Gasteiger partial charge in [-0.05, 0) is 49.1 Å². The van der Waals surface area contributed by atoms with Crippen molar-refractivity contribution in [3.8, 4) is 16.7 Å². The average molecular weight is 534 g/mol. The van der Waals surface area contributed by atoms with Gasteiger partial charge in [0.15, 0.2) is 17.1 Å². The zero-order valence-corrected chi connectivity index (χ0v) is 22.7. The van der Waals surface area contributed by atoms with E-state index >= 15 is 0 Å². The lowest BCUT2D eigenvalue weighted by Crippen LogP contribution is -2.51. The molecule has 1 unspecified atom stereocenters. The van der Waals surface area contributed by atoms with Gasteiger partial charge in [0, 0.05) is 4.88 Å². The molecule has 38 heavy (non-hydrogen) atoms. The van der Waals surface area contributed by atoms with Gasteiger partial charge in [-0.3, -0.25) is 0 Å². The Hall–Kier alpha value is -3.88. The van der Waals surface area contributed by atoms with E-state index in [1.807, 2.05) is 92.7 Å². The van der Waals surface area contributed by atoms with Crippen LogP contribution in [0.2, 0.25) is 0 Å². The molecular formula is C30H31NO6S. The Balaban J connectivity index is 1.78. The molecule has 0 aliphatic heterocycles. The fraction of sp³-hybridized carbons (Fsp3) is 0.267. The van der Waals surface area contributed by atoms with Crippen LogP contribution in [0.1, 0.15) is 27.3 Å². The van der Waals surface area contributed by atoms with Crippen molar-refractivity contribution >= 4 is 17.3 Å². The minimum absolute atomic E-state index is 0.211. The summed E-state index contributed by atoms with van der Waals surface area (Å²) in [6.07, 6.45) is -0.911. The first-order chi connectivity index (χ1) is 18.4. The molecule has 0 spiro atoms. The molecule has 0 fully saturated rings. The number of aromatic nitrogens is 1. The number of benzene rings is 3. The van der Waals surface area contributed by atoms with Crippen molar-refractivity contribution in [2.75, 3.05) is 20.8 Å². The third kappa shape index (κ3) is 5.66. The highest BCUT2D eigenvalue weighted by Gasteiger charge is 2.50. The monoisotopic (exact) mass is 533 g/mol. The molecular weight excluding hydrogens is 502 g/mol. The Morgan fingerprint density at radius 1 is 0.921 bits per heavy atom. The van der Waals surface area contributed by atoms with Crippen LogP contribution in [0, 0.1) is 13.8 Å². The summed E-state index contributed by atoms with van der Waals surface area (Å²) in [5.74, 6) is 0.0893. The molecule has 0 aliphatic rings. The maximum absolute atomic E-state index is 12.9. The van der Waals surface area contributed by atoms with Gasteiger partial charge in [0.2, 0.25) is 6.10 Å². The minimum atomic E-state index is -1.46. The molecule has 0 bridgehead atoms. The summed E-state index contributed by atoms with van der Waals surface area (Å²) in [6.45, 7) is 4.01. The molecule has 0 radical (unpaired) electrons. The maximum Gasteiger partial charge on any atom is 0.348 e. The fourth-order valence-corrected chi connectivity index (χ4v) is 5.13. The van der Waals surface area contributed by atoms with Gasteiger partial charge in [-0.2, -0.15) is 0 Å². The molecule has 1 atom stereocenters. The number of hydrogen-bond donors (Lipinski definition) is 1. The number of aliphatic carboxylic acids is 1. The van der Waals surface area contributed by atoms with Gasteiger partial charge in [-0.25, -0.2) is 9.78 Å². The largest absolute Gasteiger partial charge is 0.493 e. The van der Waals surface area contributed by atoms with Crippen molar-refractivity contribution in [3.63, 3.8) is 0 Å². The predicted octanol–water partition coefficient (Wildman–Crippen LogP) is 5.81. The van der Waals surface area contributed by atoms with E-state index in [1.165, 1.54) is 11.3 Å². The van der Waals surface area contributed by atoms with Crippen LogP contribution in [-0.4, -0.2) is 43.0 Å². The molecule has 0 aliphatic carbocycles. The van der Waals surface area contributed by atoms with Gasteiger partial charge >= 0.3 is 5.97 Å². The maximum atomic E-state index is 12.9. The smallest absolute Gasteiger partial charge is 0.348 e.